The predicted molar refractivity (Wildman–Crippen MR) is 96.9 cm³/mol. The minimum atomic E-state index is -0.556. The van der Waals surface area contributed by atoms with Gasteiger partial charge in [-0.1, -0.05) is 18.2 Å². The van der Waals surface area contributed by atoms with Crippen molar-refractivity contribution in [2.75, 3.05) is 13.1 Å². The first-order chi connectivity index (χ1) is 12.6. The summed E-state index contributed by atoms with van der Waals surface area (Å²) in [5, 5.41) is 2.97. The Kier molecular flexibility index (Phi) is 4.72. The minimum absolute atomic E-state index is 0.0560. The molecule has 3 nitrogen and oxygen atoms in total. The molecule has 4 rings (SSSR count). The van der Waals surface area contributed by atoms with Gasteiger partial charge in [-0.15, -0.1) is 0 Å². The van der Waals surface area contributed by atoms with Gasteiger partial charge in [0, 0.05) is 25.2 Å². The maximum absolute atomic E-state index is 14.5. The zero-order chi connectivity index (χ0) is 18.1. The van der Waals surface area contributed by atoms with Crippen LogP contribution in [0.5, 0.6) is 0 Å². The van der Waals surface area contributed by atoms with Gasteiger partial charge in [0.15, 0.2) is 0 Å². The number of carbonyl (C=O) groups is 1. The second kappa shape index (κ2) is 7.16. The maximum Gasteiger partial charge on any atom is 0.254 e. The summed E-state index contributed by atoms with van der Waals surface area (Å²) in [5.74, 6) is -1.25. The molecule has 1 N–H and O–H groups in total. The van der Waals surface area contributed by atoms with Gasteiger partial charge in [0.2, 0.25) is 0 Å². The summed E-state index contributed by atoms with van der Waals surface area (Å²) in [6.45, 7) is 2.00. The molecule has 0 radical (unpaired) electrons. The van der Waals surface area contributed by atoms with Crippen molar-refractivity contribution in [1.29, 1.82) is 0 Å². The highest BCUT2D eigenvalue weighted by Gasteiger charge is 2.32. The Bertz CT molecular complexity index is 794. The van der Waals surface area contributed by atoms with E-state index >= 15 is 0 Å². The topological polar surface area (TPSA) is 32.3 Å². The van der Waals surface area contributed by atoms with Crippen LogP contribution in [0.2, 0.25) is 0 Å². The third-order valence-corrected chi connectivity index (χ3v) is 5.32. The largest absolute Gasteiger partial charge is 0.349 e. The molecule has 2 fully saturated rings. The molecule has 0 unspecified atom stereocenters. The molecule has 1 aliphatic heterocycles. The molecule has 2 aromatic rings. The van der Waals surface area contributed by atoms with Crippen molar-refractivity contribution in [2.24, 2.45) is 0 Å². The van der Waals surface area contributed by atoms with E-state index in [1.54, 1.807) is 18.2 Å². The lowest BCUT2D eigenvalue weighted by atomic mass is 10.0. The van der Waals surface area contributed by atoms with E-state index in [2.05, 4.69) is 10.2 Å². The van der Waals surface area contributed by atoms with Crippen molar-refractivity contribution in [2.45, 2.75) is 37.8 Å². The summed E-state index contributed by atoms with van der Waals surface area (Å²) in [6, 6.07) is 11.2. The van der Waals surface area contributed by atoms with Crippen LogP contribution in [0.3, 0.4) is 0 Å². The lowest BCUT2D eigenvalue weighted by Crippen LogP contribution is -2.45. The molecule has 0 aromatic heterocycles. The first kappa shape index (κ1) is 17.2. The van der Waals surface area contributed by atoms with E-state index in [9.17, 15) is 13.6 Å². The van der Waals surface area contributed by atoms with E-state index in [1.807, 2.05) is 0 Å². The van der Waals surface area contributed by atoms with E-state index in [-0.39, 0.29) is 23.3 Å². The quantitative estimate of drug-likeness (QED) is 0.898. The number of amides is 1. The highest BCUT2D eigenvalue weighted by Crippen LogP contribution is 2.29. The van der Waals surface area contributed by atoms with Crippen molar-refractivity contribution in [3.63, 3.8) is 0 Å². The van der Waals surface area contributed by atoms with Gasteiger partial charge in [-0.2, -0.15) is 0 Å². The number of piperidine rings is 1. The molecule has 1 saturated carbocycles. The van der Waals surface area contributed by atoms with Crippen molar-refractivity contribution < 1.29 is 13.6 Å². The molecule has 136 valence electrons. The fourth-order valence-electron chi connectivity index (χ4n) is 3.63. The molecule has 1 saturated heterocycles. The molecule has 26 heavy (non-hydrogen) atoms. The smallest absolute Gasteiger partial charge is 0.254 e. The van der Waals surface area contributed by atoms with Crippen LogP contribution >= 0.6 is 0 Å². The summed E-state index contributed by atoms with van der Waals surface area (Å²) in [5.41, 5.74) is 1.39. The Morgan fingerprint density at radius 3 is 2.19 bits per heavy atom. The molecule has 0 bridgehead atoms. The average molecular weight is 356 g/mol. The predicted octanol–water partition coefficient (Wildman–Crippen LogP) is 3.99. The van der Waals surface area contributed by atoms with Gasteiger partial charge in [-0.3, -0.25) is 4.79 Å². The van der Waals surface area contributed by atoms with E-state index < -0.39 is 5.82 Å². The molecule has 5 heteroatoms. The second-order valence-electron chi connectivity index (χ2n) is 7.22. The van der Waals surface area contributed by atoms with Crippen LogP contribution in [-0.4, -0.2) is 36.0 Å². The number of nitrogens with zero attached hydrogens (tertiary/aromatic N) is 1. The van der Waals surface area contributed by atoms with Crippen molar-refractivity contribution in [1.82, 2.24) is 10.2 Å². The maximum atomic E-state index is 14.5. The fourth-order valence-corrected chi connectivity index (χ4v) is 3.63. The number of halogens is 2. The monoisotopic (exact) mass is 356 g/mol. The summed E-state index contributed by atoms with van der Waals surface area (Å²) >= 11 is 0. The lowest BCUT2D eigenvalue weighted by molar-refractivity contribution is 0.0905. The molecular weight excluding hydrogens is 334 g/mol. The zero-order valence-corrected chi connectivity index (χ0v) is 14.6. The van der Waals surface area contributed by atoms with Crippen molar-refractivity contribution >= 4 is 5.91 Å². The molecule has 0 atom stereocenters. The van der Waals surface area contributed by atoms with Crippen LogP contribution in [-0.2, 0) is 0 Å². The highest BCUT2D eigenvalue weighted by atomic mass is 19.1. The fraction of sp³-hybridized carbons (Fsp3) is 0.381. The van der Waals surface area contributed by atoms with Gasteiger partial charge in [-0.05, 0) is 61.1 Å². The first-order valence-electron chi connectivity index (χ1n) is 9.20. The summed E-state index contributed by atoms with van der Waals surface area (Å²) < 4.78 is 27.5. The van der Waals surface area contributed by atoms with Crippen LogP contribution in [0.25, 0.3) is 11.1 Å². The van der Waals surface area contributed by atoms with E-state index in [0.29, 0.717) is 11.1 Å². The Hall–Kier alpha value is -2.27. The highest BCUT2D eigenvalue weighted by molar-refractivity contribution is 5.95. The Labute approximate surface area is 152 Å². The van der Waals surface area contributed by atoms with Gasteiger partial charge in [0.25, 0.3) is 5.91 Å². The SMILES string of the molecule is O=C(NC1CCN(C2CC2)CC1)c1ccc(-c2ccc(F)cc2)cc1F. The lowest BCUT2D eigenvalue weighted by Gasteiger charge is -2.32. The normalized spacial score (nSPS) is 18.7. The van der Waals surface area contributed by atoms with Crippen LogP contribution in [0.4, 0.5) is 8.78 Å². The van der Waals surface area contributed by atoms with Crippen LogP contribution in [0, 0.1) is 11.6 Å². The number of benzene rings is 2. The minimum Gasteiger partial charge on any atom is -0.349 e. The Morgan fingerprint density at radius 1 is 0.923 bits per heavy atom. The number of hydrogen-bond acceptors (Lipinski definition) is 2. The van der Waals surface area contributed by atoms with Gasteiger partial charge in [0.05, 0.1) is 5.56 Å². The van der Waals surface area contributed by atoms with Gasteiger partial charge < -0.3 is 10.2 Å². The zero-order valence-electron chi connectivity index (χ0n) is 14.6. The summed E-state index contributed by atoms with van der Waals surface area (Å²) in [6.07, 6.45) is 4.42. The third kappa shape index (κ3) is 3.78. The molecule has 1 heterocycles. The number of carbonyl (C=O) groups excluding carboxylic acids is 1. The van der Waals surface area contributed by atoms with Crippen LogP contribution in [0.1, 0.15) is 36.0 Å². The average Bonchev–Trinajstić information content (AvgIpc) is 3.48. The Balaban J connectivity index is 1.40. The number of rotatable bonds is 4. The molecule has 2 aromatic carbocycles. The molecule has 1 amide bonds. The number of hydrogen-bond donors (Lipinski definition) is 1. The van der Waals surface area contributed by atoms with Crippen molar-refractivity contribution in [3.8, 4) is 11.1 Å². The van der Waals surface area contributed by atoms with Crippen molar-refractivity contribution in [3.05, 3.63) is 59.7 Å². The van der Waals surface area contributed by atoms with E-state index in [1.165, 1.54) is 37.1 Å². The van der Waals surface area contributed by atoms with Gasteiger partial charge >= 0.3 is 0 Å². The standard InChI is InChI=1S/C21H22F2N2O/c22-16-4-1-14(2-5-16)15-3-8-19(20(23)13-15)21(26)24-17-9-11-25(12-10-17)18-6-7-18/h1-5,8,13,17-18H,6-7,9-12H2,(H,24,26). The Morgan fingerprint density at radius 2 is 1.58 bits per heavy atom. The molecule has 0 spiro atoms. The van der Waals surface area contributed by atoms with E-state index in [0.717, 1.165) is 32.0 Å². The first-order valence-corrected chi connectivity index (χ1v) is 9.20. The second-order valence-corrected chi connectivity index (χ2v) is 7.22. The summed E-state index contributed by atoms with van der Waals surface area (Å²) in [7, 11) is 0. The summed E-state index contributed by atoms with van der Waals surface area (Å²) in [4.78, 5) is 14.9. The third-order valence-electron chi connectivity index (χ3n) is 5.32. The van der Waals surface area contributed by atoms with Gasteiger partial charge in [-0.25, -0.2) is 8.78 Å². The molecular formula is C21H22F2N2O. The van der Waals surface area contributed by atoms with Gasteiger partial charge in [0.1, 0.15) is 11.6 Å². The number of nitrogens with one attached hydrogen (secondary N) is 1. The molecule has 2 aliphatic rings. The number of likely N-dealkylation sites (tertiary alicyclic amines) is 1. The molecule has 1 aliphatic carbocycles. The van der Waals surface area contributed by atoms with Crippen LogP contribution < -0.4 is 5.32 Å². The van der Waals surface area contributed by atoms with Crippen LogP contribution in [0.15, 0.2) is 42.5 Å². The van der Waals surface area contributed by atoms with E-state index in [4.69, 9.17) is 0 Å².